The van der Waals surface area contributed by atoms with E-state index in [-0.39, 0.29) is 5.97 Å². The highest BCUT2D eigenvalue weighted by Gasteiger charge is 2.12. The maximum Gasteiger partial charge on any atom is 0.310 e. The predicted molar refractivity (Wildman–Crippen MR) is 128 cm³/mol. The summed E-state index contributed by atoms with van der Waals surface area (Å²) in [6.07, 6.45) is 17.2. The summed E-state index contributed by atoms with van der Waals surface area (Å²) in [7, 11) is 0. The SMILES string of the molecule is CCCCCCCCCCCCOC(=O)Cc1ccc2c(c1)C=Cc1ccccc1O2. The summed E-state index contributed by atoms with van der Waals surface area (Å²) < 4.78 is 11.5. The molecular weight excluding hydrogens is 384 g/mol. The van der Waals surface area contributed by atoms with Crippen LogP contribution in [0.5, 0.6) is 11.5 Å². The number of ether oxygens (including phenoxy) is 2. The van der Waals surface area contributed by atoms with Crippen LogP contribution in [0.15, 0.2) is 42.5 Å². The molecule has 0 fully saturated rings. The van der Waals surface area contributed by atoms with E-state index >= 15 is 0 Å². The molecule has 0 bridgehead atoms. The van der Waals surface area contributed by atoms with Crippen LogP contribution in [0.3, 0.4) is 0 Å². The Balaban J connectivity index is 1.32. The Kier molecular flexibility index (Phi) is 9.69. The van der Waals surface area contributed by atoms with Crippen molar-refractivity contribution in [2.75, 3.05) is 6.61 Å². The molecule has 0 aromatic heterocycles. The van der Waals surface area contributed by atoms with E-state index in [9.17, 15) is 4.79 Å². The highest BCUT2D eigenvalue weighted by molar-refractivity contribution is 5.79. The maximum absolute atomic E-state index is 12.2. The Morgan fingerprint density at radius 2 is 1.42 bits per heavy atom. The molecule has 0 radical (unpaired) electrons. The van der Waals surface area contributed by atoms with Crippen molar-refractivity contribution in [3.05, 3.63) is 59.2 Å². The Labute approximate surface area is 187 Å². The third kappa shape index (κ3) is 7.90. The summed E-state index contributed by atoms with van der Waals surface area (Å²) >= 11 is 0. The lowest BCUT2D eigenvalue weighted by molar-refractivity contribution is -0.142. The van der Waals surface area contributed by atoms with Gasteiger partial charge in [0.2, 0.25) is 0 Å². The minimum Gasteiger partial charge on any atom is -0.465 e. The van der Waals surface area contributed by atoms with Gasteiger partial charge in [-0.25, -0.2) is 0 Å². The zero-order valence-electron chi connectivity index (χ0n) is 18.9. The summed E-state index contributed by atoms with van der Waals surface area (Å²) in [6, 6.07) is 13.9. The number of carbonyl (C=O) groups is 1. The molecule has 0 saturated carbocycles. The summed E-state index contributed by atoms with van der Waals surface area (Å²) in [6.45, 7) is 2.78. The van der Waals surface area contributed by atoms with Crippen LogP contribution < -0.4 is 4.74 Å². The van der Waals surface area contributed by atoms with E-state index in [2.05, 4.69) is 13.0 Å². The van der Waals surface area contributed by atoms with Crippen LogP contribution >= 0.6 is 0 Å². The van der Waals surface area contributed by atoms with Crippen LogP contribution in [0, 0.1) is 0 Å². The van der Waals surface area contributed by atoms with Crippen LogP contribution in [-0.2, 0) is 16.0 Å². The van der Waals surface area contributed by atoms with Gasteiger partial charge in [-0.3, -0.25) is 4.79 Å². The Morgan fingerprint density at radius 3 is 2.19 bits per heavy atom. The number of hydrogen-bond acceptors (Lipinski definition) is 3. The third-order valence-electron chi connectivity index (χ3n) is 5.76. The van der Waals surface area contributed by atoms with E-state index in [4.69, 9.17) is 9.47 Å². The minimum absolute atomic E-state index is 0.155. The van der Waals surface area contributed by atoms with E-state index in [1.165, 1.54) is 51.4 Å². The van der Waals surface area contributed by atoms with Gasteiger partial charge in [-0.15, -0.1) is 0 Å². The van der Waals surface area contributed by atoms with Crippen LogP contribution in [-0.4, -0.2) is 12.6 Å². The average Bonchev–Trinajstić information content (AvgIpc) is 2.96. The van der Waals surface area contributed by atoms with Gasteiger partial charge in [-0.2, -0.15) is 0 Å². The van der Waals surface area contributed by atoms with E-state index in [1.807, 2.05) is 48.5 Å². The molecule has 2 aromatic carbocycles. The summed E-state index contributed by atoms with van der Waals surface area (Å²) in [4.78, 5) is 12.2. The van der Waals surface area contributed by atoms with Crippen molar-refractivity contribution < 1.29 is 14.3 Å². The highest BCUT2D eigenvalue weighted by Crippen LogP contribution is 2.34. The van der Waals surface area contributed by atoms with Gasteiger partial charge in [0.05, 0.1) is 13.0 Å². The second-order valence-corrected chi connectivity index (χ2v) is 8.42. The number of esters is 1. The van der Waals surface area contributed by atoms with Gasteiger partial charge in [0.15, 0.2) is 0 Å². The van der Waals surface area contributed by atoms with Crippen LogP contribution in [0.2, 0.25) is 0 Å². The van der Waals surface area contributed by atoms with Crippen molar-refractivity contribution in [3.63, 3.8) is 0 Å². The number of unbranched alkanes of at least 4 members (excludes halogenated alkanes) is 9. The number of benzene rings is 2. The molecule has 0 unspecified atom stereocenters. The summed E-state index contributed by atoms with van der Waals surface area (Å²) in [5, 5.41) is 0. The lowest BCUT2D eigenvalue weighted by Crippen LogP contribution is -2.09. The monoisotopic (exact) mass is 420 g/mol. The normalized spacial score (nSPS) is 11.9. The van der Waals surface area contributed by atoms with E-state index < -0.39 is 0 Å². The van der Waals surface area contributed by atoms with Crippen molar-refractivity contribution in [1.29, 1.82) is 0 Å². The van der Waals surface area contributed by atoms with E-state index in [0.717, 1.165) is 41.0 Å². The fourth-order valence-corrected chi connectivity index (χ4v) is 3.93. The lowest BCUT2D eigenvalue weighted by atomic mass is 10.1. The summed E-state index contributed by atoms with van der Waals surface area (Å²) in [5.74, 6) is 1.50. The maximum atomic E-state index is 12.2. The Hall–Kier alpha value is -2.55. The Morgan fingerprint density at radius 1 is 0.774 bits per heavy atom. The van der Waals surface area contributed by atoms with Crippen molar-refractivity contribution in [3.8, 4) is 11.5 Å². The molecule has 0 spiro atoms. The van der Waals surface area contributed by atoms with E-state index in [1.54, 1.807) is 0 Å². The van der Waals surface area contributed by atoms with Crippen LogP contribution in [0.25, 0.3) is 12.2 Å². The molecule has 1 heterocycles. The van der Waals surface area contributed by atoms with Gasteiger partial charge in [0.25, 0.3) is 0 Å². The zero-order chi connectivity index (χ0) is 21.7. The molecule has 1 aliphatic rings. The first-order valence-electron chi connectivity index (χ1n) is 12.0. The smallest absolute Gasteiger partial charge is 0.310 e. The topological polar surface area (TPSA) is 35.5 Å². The summed E-state index contributed by atoms with van der Waals surface area (Å²) in [5.41, 5.74) is 2.98. The standard InChI is InChI=1S/C28H36O3/c1-2-3-4-5-6-7-8-9-10-13-20-30-28(29)22-23-16-19-27-25(21-23)18-17-24-14-11-12-15-26(24)31-27/h11-12,14-19,21H,2-10,13,20,22H2,1H3. The molecule has 3 heteroatoms. The van der Waals surface area contributed by atoms with Gasteiger partial charge in [0.1, 0.15) is 11.5 Å². The van der Waals surface area contributed by atoms with Crippen LogP contribution in [0.1, 0.15) is 87.8 Å². The quantitative estimate of drug-likeness (QED) is 0.208. The number of para-hydroxylation sites is 1. The molecule has 0 atom stereocenters. The molecule has 0 saturated heterocycles. The van der Waals surface area contributed by atoms with Gasteiger partial charge in [0, 0.05) is 11.1 Å². The number of hydrogen-bond donors (Lipinski definition) is 0. The van der Waals surface area contributed by atoms with Crippen molar-refractivity contribution in [1.82, 2.24) is 0 Å². The largest absolute Gasteiger partial charge is 0.465 e. The second kappa shape index (κ2) is 13.0. The van der Waals surface area contributed by atoms with E-state index in [0.29, 0.717) is 13.0 Å². The Bertz CT molecular complexity index is 853. The lowest BCUT2D eigenvalue weighted by Gasteiger charge is -2.10. The second-order valence-electron chi connectivity index (χ2n) is 8.42. The van der Waals surface area contributed by atoms with Gasteiger partial charge < -0.3 is 9.47 Å². The zero-order valence-corrected chi connectivity index (χ0v) is 18.9. The van der Waals surface area contributed by atoms with Gasteiger partial charge in [-0.05, 0) is 30.2 Å². The molecule has 3 rings (SSSR count). The molecule has 0 aliphatic carbocycles. The fourth-order valence-electron chi connectivity index (χ4n) is 3.93. The van der Waals surface area contributed by atoms with Gasteiger partial charge in [-0.1, -0.05) is 101 Å². The van der Waals surface area contributed by atoms with Crippen molar-refractivity contribution >= 4 is 18.1 Å². The third-order valence-corrected chi connectivity index (χ3v) is 5.76. The molecule has 1 aliphatic heterocycles. The molecule has 0 amide bonds. The predicted octanol–water partition coefficient (Wildman–Crippen LogP) is 7.97. The first-order valence-corrected chi connectivity index (χ1v) is 12.0. The number of rotatable bonds is 13. The first-order chi connectivity index (χ1) is 15.3. The number of fused-ring (bicyclic) bond motifs is 2. The first kappa shape index (κ1) is 23.1. The highest BCUT2D eigenvalue weighted by atomic mass is 16.5. The minimum atomic E-state index is -0.155. The van der Waals surface area contributed by atoms with Gasteiger partial charge >= 0.3 is 5.97 Å². The fraction of sp³-hybridized carbons (Fsp3) is 0.464. The molecule has 3 nitrogen and oxygen atoms in total. The molecule has 2 aromatic rings. The molecule has 166 valence electrons. The number of carbonyl (C=O) groups excluding carboxylic acids is 1. The molecular formula is C28H36O3. The van der Waals surface area contributed by atoms with Crippen molar-refractivity contribution in [2.45, 2.75) is 77.6 Å². The van der Waals surface area contributed by atoms with Crippen LogP contribution in [0.4, 0.5) is 0 Å². The van der Waals surface area contributed by atoms with Crippen molar-refractivity contribution in [2.24, 2.45) is 0 Å². The molecule has 0 N–H and O–H groups in total. The molecule has 31 heavy (non-hydrogen) atoms. The average molecular weight is 421 g/mol.